The second-order valence-corrected chi connectivity index (χ2v) is 8.09. The second-order valence-electron chi connectivity index (χ2n) is 8.09. The molecule has 0 aliphatic rings. The van der Waals surface area contributed by atoms with Crippen LogP contribution in [0.5, 0.6) is 0 Å². The van der Waals surface area contributed by atoms with Gasteiger partial charge in [0, 0.05) is 12.6 Å². The van der Waals surface area contributed by atoms with E-state index in [0.29, 0.717) is 6.54 Å². The summed E-state index contributed by atoms with van der Waals surface area (Å²) in [5, 5.41) is 18.3. The Morgan fingerprint density at radius 3 is 1.31 bits per heavy atom. The van der Waals surface area contributed by atoms with Crippen LogP contribution in [0.2, 0.25) is 0 Å². The summed E-state index contributed by atoms with van der Waals surface area (Å²) < 4.78 is 0. The maximum absolute atomic E-state index is 9.24. The number of unbranched alkanes of at least 4 members (excludes halogenated alkanes) is 15. The number of rotatable bonds is 21. The Bertz CT molecular complexity index is 261. The average molecular weight is 372 g/mol. The Morgan fingerprint density at radius 1 is 0.577 bits per heavy atom. The highest BCUT2D eigenvalue weighted by atomic mass is 16.3. The first-order valence-corrected chi connectivity index (χ1v) is 11.7. The fraction of sp³-hybridized carbons (Fsp3) is 1.00. The molecule has 26 heavy (non-hydrogen) atoms. The highest BCUT2D eigenvalue weighted by Gasteiger charge is 2.11. The lowest BCUT2D eigenvalue weighted by molar-refractivity contribution is 0.109. The standard InChI is InChI=1S/C23H49NO2/c1-3-4-5-6-7-8-9-10-11-12-13-14-15-16-17-18-19-24(20-21-25)23(2)22-26/h23,25-26H,3-22H2,1-2H3. The lowest BCUT2D eigenvalue weighted by Gasteiger charge is -2.26. The minimum absolute atomic E-state index is 0.165. The molecule has 1 unspecified atom stereocenters. The number of hydrogen-bond donors (Lipinski definition) is 2. The zero-order valence-electron chi connectivity index (χ0n) is 18.1. The summed E-state index contributed by atoms with van der Waals surface area (Å²) in [6.07, 6.45) is 22.3. The van der Waals surface area contributed by atoms with E-state index in [-0.39, 0.29) is 19.3 Å². The highest BCUT2D eigenvalue weighted by molar-refractivity contribution is 4.65. The van der Waals surface area contributed by atoms with Crippen molar-refractivity contribution in [1.82, 2.24) is 4.90 Å². The molecule has 0 radical (unpaired) electrons. The predicted octanol–water partition coefficient (Wildman–Crippen LogP) is 5.92. The molecule has 0 aromatic carbocycles. The van der Waals surface area contributed by atoms with Crippen molar-refractivity contribution in [3.8, 4) is 0 Å². The largest absolute Gasteiger partial charge is 0.395 e. The Balaban J connectivity index is 3.23. The molecule has 0 rings (SSSR count). The van der Waals surface area contributed by atoms with E-state index in [1.807, 2.05) is 6.92 Å². The molecule has 2 N–H and O–H groups in total. The maximum atomic E-state index is 9.24. The third-order valence-corrected chi connectivity index (χ3v) is 5.57. The number of nitrogens with zero attached hydrogens (tertiary/aromatic N) is 1. The van der Waals surface area contributed by atoms with Gasteiger partial charge in [-0.3, -0.25) is 4.90 Å². The minimum Gasteiger partial charge on any atom is -0.395 e. The van der Waals surface area contributed by atoms with E-state index < -0.39 is 0 Å². The molecule has 0 saturated heterocycles. The summed E-state index contributed by atoms with van der Waals surface area (Å²) in [6, 6.07) is 0.165. The van der Waals surface area contributed by atoms with E-state index >= 15 is 0 Å². The molecular weight excluding hydrogens is 322 g/mol. The zero-order chi connectivity index (χ0) is 19.3. The molecule has 0 fully saturated rings. The van der Waals surface area contributed by atoms with E-state index in [1.165, 1.54) is 103 Å². The van der Waals surface area contributed by atoms with Crippen molar-refractivity contribution < 1.29 is 10.2 Å². The number of hydrogen-bond acceptors (Lipinski definition) is 3. The van der Waals surface area contributed by atoms with Crippen molar-refractivity contribution in [2.45, 2.75) is 123 Å². The molecule has 1 atom stereocenters. The topological polar surface area (TPSA) is 43.7 Å². The maximum Gasteiger partial charge on any atom is 0.0584 e. The van der Waals surface area contributed by atoms with Crippen LogP contribution in [0, 0.1) is 0 Å². The van der Waals surface area contributed by atoms with Gasteiger partial charge < -0.3 is 10.2 Å². The van der Waals surface area contributed by atoms with Gasteiger partial charge in [0.15, 0.2) is 0 Å². The van der Waals surface area contributed by atoms with Crippen LogP contribution < -0.4 is 0 Å². The summed E-state index contributed by atoms with van der Waals surface area (Å²) in [4.78, 5) is 2.20. The van der Waals surface area contributed by atoms with Crippen molar-refractivity contribution in [2.24, 2.45) is 0 Å². The molecule has 3 nitrogen and oxygen atoms in total. The molecule has 3 heteroatoms. The Kier molecular flexibility index (Phi) is 21.1. The fourth-order valence-corrected chi connectivity index (χ4v) is 3.66. The van der Waals surface area contributed by atoms with E-state index in [9.17, 15) is 5.11 Å². The molecule has 0 heterocycles. The minimum atomic E-state index is 0.165. The van der Waals surface area contributed by atoms with Crippen molar-refractivity contribution in [2.75, 3.05) is 26.3 Å². The first kappa shape index (κ1) is 25.9. The van der Waals surface area contributed by atoms with Crippen LogP contribution in [-0.2, 0) is 0 Å². The zero-order valence-corrected chi connectivity index (χ0v) is 18.1. The predicted molar refractivity (Wildman–Crippen MR) is 115 cm³/mol. The SMILES string of the molecule is CCCCCCCCCCCCCCCCCCN(CCO)C(C)CO. The third-order valence-electron chi connectivity index (χ3n) is 5.57. The number of aliphatic hydroxyl groups is 2. The van der Waals surface area contributed by atoms with Gasteiger partial charge >= 0.3 is 0 Å². The van der Waals surface area contributed by atoms with Gasteiger partial charge in [-0.1, -0.05) is 103 Å². The third kappa shape index (κ3) is 17.3. The van der Waals surface area contributed by atoms with Crippen LogP contribution in [-0.4, -0.2) is 47.5 Å². The fourth-order valence-electron chi connectivity index (χ4n) is 3.66. The molecule has 0 saturated carbocycles. The average Bonchev–Trinajstić information content (AvgIpc) is 2.66. The molecule has 0 spiro atoms. The van der Waals surface area contributed by atoms with Crippen molar-refractivity contribution >= 4 is 0 Å². The van der Waals surface area contributed by atoms with Gasteiger partial charge in [0.2, 0.25) is 0 Å². The highest BCUT2D eigenvalue weighted by Crippen LogP contribution is 2.14. The van der Waals surface area contributed by atoms with Gasteiger partial charge in [-0.2, -0.15) is 0 Å². The van der Waals surface area contributed by atoms with E-state index in [0.717, 1.165) is 6.54 Å². The molecule has 0 aliphatic heterocycles. The van der Waals surface area contributed by atoms with Gasteiger partial charge in [0.25, 0.3) is 0 Å². The van der Waals surface area contributed by atoms with Gasteiger partial charge in [-0.25, -0.2) is 0 Å². The molecule has 158 valence electrons. The number of aliphatic hydroxyl groups excluding tert-OH is 2. The van der Waals surface area contributed by atoms with Crippen molar-refractivity contribution in [1.29, 1.82) is 0 Å². The van der Waals surface area contributed by atoms with Gasteiger partial charge in [0.05, 0.1) is 13.2 Å². The van der Waals surface area contributed by atoms with E-state index in [1.54, 1.807) is 0 Å². The summed E-state index contributed by atoms with van der Waals surface area (Å²) in [6.45, 7) is 6.36. The summed E-state index contributed by atoms with van der Waals surface area (Å²) in [5.41, 5.74) is 0. The molecule has 0 aromatic heterocycles. The first-order chi connectivity index (χ1) is 12.8. The van der Waals surface area contributed by atoms with Gasteiger partial charge in [-0.05, 0) is 19.9 Å². The normalized spacial score (nSPS) is 12.8. The van der Waals surface area contributed by atoms with Gasteiger partial charge in [-0.15, -0.1) is 0 Å². The van der Waals surface area contributed by atoms with Crippen molar-refractivity contribution in [3.63, 3.8) is 0 Å². The second kappa shape index (κ2) is 21.2. The van der Waals surface area contributed by atoms with Crippen LogP contribution in [0.15, 0.2) is 0 Å². The molecule has 0 amide bonds. The summed E-state index contributed by atoms with van der Waals surface area (Å²) >= 11 is 0. The smallest absolute Gasteiger partial charge is 0.0584 e. The van der Waals surface area contributed by atoms with Crippen LogP contribution >= 0.6 is 0 Å². The van der Waals surface area contributed by atoms with E-state index in [4.69, 9.17) is 5.11 Å². The summed E-state index contributed by atoms with van der Waals surface area (Å²) in [7, 11) is 0. The Labute approximate surface area is 164 Å². The molecule has 0 bridgehead atoms. The summed E-state index contributed by atoms with van der Waals surface area (Å²) in [5.74, 6) is 0. The lowest BCUT2D eigenvalue weighted by Crippen LogP contribution is -2.38. The van der Waals surface area contributed by atoms with Crippen LogP contribution in [0.4, 0.5) is 0 Å². The molecule has 0 aliphatic carbocycles. The molecule has 0 aromatic rings. The Hall–Kier alpha value is -0.120. The monoisotopic (exact) mass is 371 g/mol. The van der Waals surface area contributed by atoms with Crippen LogP contribution in [0.3, 0.4) is 0 Å². The van der Waals surface area contributed by atoms with E-state index in [2.05, 4.69) is 11.8 Å². The first-order valence-electron chi connectivity index (χ1n) is 11.7. The van der Waals surface area contributed by atoms with Gasteiger partial charge in [0.1, 0.15) is 0 Å². The molecular formula is C23H49NO2. The Morgan fingerprint density at radius 2 is 0.962 bits per heavy atom. The van der Waals surface area contributed by atoms with Crippen LogP contribution in [0.25, 0.3) is 0 Å². The lowest BCUT2D eigenvalue weighted by atomic mass is 10.0. The van der Waals surface area contributed by atoms with Crippen LogP contribution in [0.1, 0.15) is 117 Å². The van der Waals surface area contributed by atoms with Crippen molar-refractivity contribution in [3.05, 3.63) is 0 Å². The quantitative estimate of drug-likeness (QED) is 0.246.